The van der Waals surface area contributed by atoms with Crippen LogP contribution >= 0.6 is 0 Å². The van der Waals surface area contributed by atoms with Crippen molar-refractivity contribution in [1.29, 1.82) is 0 Å². The monoisotopic (exact) mass is 282 g/mol. The molecule has 1 aromatic carbocycles. The zero-order chi connectivity index (χ0) is 14.6. The molecule has 0 aromatic heterocycles. The van der Waals surface area contributed by atoms with E-state index in [0.29, 0.717) is 37.7 Å². The number of Topliss-reactive ketones (excluding diaryl/α,β-unsaturated/α-hetero) is 1. The van der Waals surface area contributed by atoms with Crippen molar-refractivity contribution in [3.05, 3.63) is 29.8 Å². The van der Waals surface area contributed by atoms with E-state index in [2.05, 4.69) is 0 Å². The summed E-state index contributed by atoms with van der Waals surface area (Å²) in [6.07, 6.45) is 0.858. The van der Waals surface area contributed by atoms with Crippen LogP contribution in [-0.4, -0.2) is 53.0 Å². The number of ether oxygens (including phenoxy) is 4. The second-order valence-corrected chi connectivity index (χ2v) is 4.13. The summed E-state index contributed by atoms with van der Waals surface area (Å²) in [5.74, 6) is 0.471. The summed E-state index contributed by atoms with van der Waals surface area (Å²) in [5, 5.41) is 0. The summed E-state index contributed by atoms with van der Waals surface area (Å²) >= 11 is 0. The molecule has 0 saturated carbocycles. The van der Waals surface area contributed by atoms with Crippen LogP contribution in [0.25, 0.3) is 0 Å². The largest absolute Gasteiger partial charge is 0.496 e. The van der Waals surface area contributed by atoms with Gasteiger partial charge in [-0.25, -0.2) is 0 Å². The molecule has 0 aliphatic rings. The Morgan fingerprint density at radius 2 is 1.75 bits per heavy atom. The van der Waals surface area contributed by atoms with E-state index in [9.17, 15) is 4.79 Å². The normalized spacial score (nSPS) is 10.5. The second kappa shape index (κ2) is 10.4. The van der Waals surface area contributed by atoms with Crippen LogP contribution in [0.2, 0.25) is 0 Å². The number of rotatable bonds is 11. The molecule has 0 bridgehead atoms. The van der Waals surface area contributed by atoms with Crippen LogP contribution in [0.1, 0.15) is 16.8 Å². The Kier molecular flexibility index (Phi) is 8.62. The minimum atomic E-state index is -0.0955. The summed E-state index contributed by atoms with van der Waals surface area (Å²) in [6.45, 7) is 2.23. The summed E-state index contributed by atoms with van der Waals surface area (Å²) in [4.78, 5) is 11.9. The molecule has 1 rings (SSSR count). The van der Waals surface area contributed by atoms with Gasteiger partial charge in [0, 0.05) is 20.3 Å². The van der Waals surface area contributed by atoms with Gasteiger partial charge in [0.15, 0.2) is 5.78 Å². The van der Waals surface area contributed by atoms with E-state index in [4.69, 9.17) is 18.9 Å². The van der Waals surface area contributed by atoms with Crippen LogP contribution in [0.3, 0.4) is 0 Å². The average molecular weight is 282 g/mol. The van der Waals surface area contributed by atoms with Crippen LogP contribution in [0, 0.1) is 0 Å². The molecule has 0 aliphatic carbocycles. The van der Waals surface area contributed by atoms with Gasteiger partial charge in [-0.1, -0.05) is 12.1 Å². The number of hydrogen-bond donors (Lipinski definition) is 0. The van der Waals surface area contributed by atoms with E-state index in [1.807, 2.05) is 6.07 Å². The van der Waals surface area contributed by atoms with E-state index >= 15 is 0 Å². The lowest BCUT2D eigenvalue weighted by atomic mass is 10.1. The summed E-state index contributed by atoms with van der Waals surface area (Å²) < 4.78 is 20.7. The first-order valence-electron chi connectivity index (χ1n) is 6.60. The Labute approximate surface area is 119 Å². The molecule has 0 radical (unpaired) electrons. The van der Waals surface area contributed by atoms with E-state index in [1.165, 1.54) is 0 Å². The van der Waals surface area contributed by atoms with Crippen molar-refractivity contribution in [1.82, 2.24) is 0 Å². The van der Waals surface area contributed by atoms with Gasteiger partial charge in [-0.15, -0.1) is 0 Å². The molecule has 0 saturated heterocycles. The van der Waals surface area contributed by atoms with E-state index in [-0.39, 0.29) is 12.4 Å². The first kappa shape index (κ1) is 16.6. The Morgan fingerprint density at radius 1 is 1.00 bits per heavy atom. The van der Waals surface area contributed by atoms with Gasteiger partial charge in [-0.3, -0.25) is 4.79 Å². The number of ketones is 1. The molecule has 5 heteroatoms. The van der Waals surface area contributed by atoms with E-state index < -0.39 is 0 Å². The van der Waals surface area contributed by atoms with Gasteiger partial charge in [-0.2, -0.15) is 0 Å². The third-order valence-corrected chi connectivity index (χ3v) is 2.65. The first-order valence-corrected chi connectivity index (χ1v) is 6.60. The summed E-state index contributed by atoms with van der Waals surface area (Å²) in [5.41, 5.74) is 0.538. The highest BCUT2D eigenvalue weighted by Crippen LogP contribution is 2.17. The zero-order valence-corrected chi connectivity index (χ0v) is 12.1. The fraction of sp³-hybridized carbons (Fsp3) is 0.533. The highest BCUT2D eigenvalue weighted by atomic mass is 16.5. The molecule has 112 valence electrons. The maximum atomic E-state index is 11.9. The van der Waals surface area contributed by atoms with E-state index in [0.717, 1.165) is 6.42 Å². The van der Waals surface area contributed by atoms with Gasteiger partial charge in [-0.05, 0) is 18.6 Å². The predicted molar refractivity (Wildman–Crippen MR) is 75.5 cm³/mol. The first-order chi connectivity index (χ1) is 9.79. The molecule has 0 N–H and O–H groups in total. The molecule has 0 atom stereocenters. The van der Waals surface area contributed by atoms with Gasteiger partial charge in [0.1, 0.15) is 12.4 Å². The molecule has 20 heavy (non-hydrogen) atoms. The molecule has 0 unspecified atom stereocenters. The van der Waals surface area contributed by atoms with Crippen LogP contribution in [0.15, 0.2) is 24.3 Å². The molecular formula is C15H22O5. The van der Waals surface area contributed by atoms with Gasteiger partial charge >= 0.3 is 0 Å². The van der Waals surface area contributed by atoms with Crippen molar-refractivity contribution in [2.24, 2.45) is 0 Å². The molecule has 0 amide bonds. The number of carbonyl (C=O) groups is 1. The predicted octanol–water partition coefficient (Wildman–Crippen LogP) is 1.95. The quantitative estimate of drug-likeness (QED) is 0.458. The topological polar surface area (TPSA) is 54.0 Å². The average Bonchev–Trinajstić information content (AvgIpc) is 2.49. The van der Waals surface area contributed by atoms with Crippen molar-refractivity contribution in [3.63, 3.8) is 0 Å². The molecule has 0 aliphatic heterocycles. The van der Waals surface area contributed by atoms with Gasteiger partial charge in [0.25, 0.3) is 0 Å². The molecule has 0 fully saturated rings. The van der Waals surface area contributed by atoms with Crippen LogP contribution in [0.5, 0.6) is 5.75 Å². The van der Waals surface area contributed by atoms with Gasteiger partial charge in [0.2, 0.25) is 0 Å². The Morgan fingerprint density at radius 3 is 2.50 bits per heavy atom. The third-order valence-electron chi connectivity index (χ3n) is 2.65. The van der Waals surface area contributed by atoms with Crippen molar-refractivity contribution < 1.29 is 23.7 Å². The van der Waals surface area contributed by atoms with Crippen molar-refractivity contribution in [3.8, 4) is 5.75 Å². The minimum Gasteiger partial charge on any atom is -0.496 e. The van der Waals surface area contributed by atoms with Crippen LogP contribution < -0.4 is 4.74 Å². The smallest absolute Gasteiger partial charge is 0.192 e. The van der Waals surface area contributed by atoms with Gasteiger partial charge in [0.05, 0.1) is 25.9 Å². The molecular weight excluding hydrogens is 260 g/mol. The Balaban J connectivity index is 2.17. The molecule has 5 nitrogen and oxygen atoms in total. The summed E-state index contributed by atoms with van der Waals surface area (Å²) in [7, 11) is 3.20. The zero-order valence-electron chi connectivity index (χ0n) is 12.1. The number of carbonyl (C=O) groups excluding carboxylic acids is 1. The lowest BCUT2D eigenvalue weighted by Crippen LogP contribution is -2.14. The number of methoxy groups -OCH3 is 2. The highest BCUT2D eigenvalue weighted by Gasteiger charge is 2.11. The van der Waals surface area contributed by atoms with Crippen molar-refractivity contribution in [2.75, 3.05) is 47.3 Å². The highest BCUT2D eigenvalue weighted by molar-refractivity contribution is 5.99. The Bertz CT molecular complexity index is 392. The third kappa shape index (κ3) is 6.14. The van der Waals surface area contributed by atoms with Crippen LogP contribution in [0.4, 0.5) is 0 Å². The number of hydrogen-bond acceptors (Lipinski definition) is 5. The fourth-order valence-corrected chi connectivity index (χ4v) is 1.64. The standard InChI is InChI=1S/C15H22O5/c1-17-8-5-9-19-10-11-20-12-14(16)13-6-3-4-7-15(13)18-2/h3-4,6-7H,5,8-12H2,1-2H3. The maximum Gasteiger partial charge on any atom is 0.192 e. The van der Waals surface area contributed by atoms with Crippen molar-refractivity contribution >= 4 is 5.78 Å². The maximum absolute atomic E-state index is 11.9. The lowest BCUT2D eigenvalue weighted by Gasteiger charge is -2.08. The molecule has 1 aromatic rings. The number of benzene rings is 1. The lowest BCUT2D eigenvalue weighted by molar-refractivity contribution is 0.0381. The summed E-state index contributed by atoms with van der Waals surface area (Å²) in [6, 6.07) is 7.11. The minimum absolute atomic E-state index is 0.0296. The molecule has 0 spiro atoms. The second-order valence-electron chi connectivity index (χ2n) is 4.13. The SMILES string of the molecule is COCCCOCCOCC(=O)c1ccccc1OC. The van der Waals surface area contributed by atoms with E-state index in [1.54, 1.807) is 32.4 Å². The van der Waals surface area contributed by atoms with Crippen LogP contribution in [-0.2, 0) is 14.2 Å². The van der Waals surface area contributed by atoms with Crippen molar-refractivity contribution in [2.45, 2.75) is 6.42 Å². The Hall–Kier alpha value is -1.43. The molecule has 0 heterocycles. The number of para-hydroxylation sites is 1. The fourth-order valence-electron chi connectivity index (χ4n) is 1.64. The van der Waals surface area contributed by atoms with Gasteiger partial charge < -0.3 is 18.9 Å².